The molecule has 1 atom stereocenters. The third-order valence-electron chi connectivity index (χ3n) is 7.65. The molecule has 3 fully saturated rings. The number of aromatic nitrogens is 2. The maximum Gasteiger partial charge on any atom is 0.248 e. The Morgan fingerprint density at radius 2 is 1.70 bits per heavy atom. The maximum atomic E-state index is 13.5. The summed E-state index contributed by atoms with van der Waals surface area (Å²) in [6, 6.07) is 7.34. The SMILES string of the molecule is NC(=O)c1ccc(-c2cnc(N3CCC[C@]4(CCN([C@H]5CC[C@@H](O)CC5)C4=O)C3)nc2)cc1. The molecule has 3 aliphatic rings. The van der Waals surface area contributed by atoms with Crippen LogP contribution in [0.15, 0.2) is 36.7 Å². The van der Waals surface area contributed by atoms with Crippen molar-refractivity contribution in [3.63, 3.8) is 0 Å². The average Bonchev–Trinajstić information content (AvgIpc) is 3.15. The summed E-state index contributed by atoms with van der Waals surface area (Å²) in [7, 11) is 0. The van der Waals surface area contributed by atoms with Gasteiger partial charge in [-0.2, -0.15) is 0 Å². The Bertz CT molecular complexity index is 1020. The molecule has 0 bridgehead atoms. The van der Waals surface area contributed by atoms with Crippen LogP contribution in [0.25, 0.3) is 11.1 Å². The second-order valence-electron chi connectivity index (χ2n) is 9.73. The van der Waals surface area contributed by atoms with E-state index in [1.807, 2.05) is 12.1 Å². The molecule has 3 N–H and O–H groups in total. The third kappa shape index (κ3) is 4.19. The second kappa shape index (κ2) is 8.74. The first-order valence-electron chi connectivity index (χ1n) is 11.9. The highest BCUT2D eigenvalue weighted by Crippen LogP contribution is 2.43. The minimum absolute atomic E-state index is 0.209. The van der Waals surface area contributed by atoms with Crippen molar-refractivity contribution in [3.8, 4) is 11.1 Å². The fraction of sp³-hybridized carbons (Fsp3) is 0.520. The number of hydrogen-bond acceptors (Lipinski definition) is 6. The van der Waals surface area contributed by atoms with E-state index >= 15 is 0 Å². The van der Waals surface area contributed by atoms with Crippen molar-refractivity contribution >= 4 is 17.8 Å². The van der Waals surface area contributed by atoms with Crippen LogP contribution in [0, 0.1) is 5.41 Å². The van der Waals surface area contributed by atoms with Gasteiger partial charge in [0.15, 0.2) is 0 Å². The molecule has 8 nitrogen and oxygen atoms in total. The van der Waals surface area contributed by atoms with Gasteiger partial charge in [-0.3, -0.25) is 9.59 Å². The van der Waals surface area contributed by atoms with Crippen molar-refractivity contribution in [2.75, 3.05) is 24.5 Å². The van der Waals surface area contributed by atoms with Crippen LogP contribution in [0.3, 0.4) is 0 Å². The van der Waals surface area contributed by atoms with Gasteiger partial charge >= 0.3 is 0 Å². The number of nitrogens with zero attached hydrogens (tertiary/aromatic N) is 4. The van der Waals surface area contributed by atoms with Gasteiger partial charge in [0.25, 0.3) is 0 Å². The lowest BCUT2D eigenvalue weighted by atomic mass is 9.78. The van der Waals surface area contributed by atoms with E-state index in [0.717, 1.165) is 69.2 Å². The molecule has 0 unspecified atom stereocenters. The van der Waals surface area contributed by atoms with E-state index < -0.39 is 5.91 Å². The van der Waals surface area contributed by atoms with Crippen LogP contribution in [0.1, 0.15) is 55.3 Å². The standard InChI is InChI=1S/C25H31N5O3/c26-22(32)18-4-2-17(3-5-18)19-14-27-24(28-15-19)29-12-1-10-25(16-29)11-13-30(23(25)33)20-6-8-21(31)9-7-20/h2-5,14-15,20-21,31H,1,6-13,16H2,(H2,26,32)/t20-,21+,25-/m0/s1. The molecule has 0 radical (unpaired) electrons. The summed E-state index contributed by atoms with van der Waals surface area (Å²) in [6.07, 6.45) is 9.50. The number of nitrogens with two attached hydrogens (primary N) is 1. The Labute approximate surface area is 193 Å². The number of rotatable bonds is 4. The predicted octanol–water partition coefficient (Wildman–Crippen LogP) is 2.36. The van der Waals surface area contributed by atoms with Gasteiger partial charge in [0.1, 0.15) is 0 Å². The van der Waals surface area contributed by atoms with Gasteiger partial charge in [-0.05, 0) is 62.6 Å². The molecule has 3 heterocycles. The summed E-state index contributed by atoms with van der Waals surface area (Å²) in [6.45, 7) is 2.32. The van der Waals surface area contributed by atoms with Gasteiger partial charge in [-0.25, -0.2) is 9.97 Å². The summed E-state index contributed by atoms with van der Waals surface area (Å²) in [5.41, 5.74) is 7.22. The number of carbonyl (C=O) groups excluding carboxylic acids is 2. The van der Waals surface area contributed by atoms with Crippen molar-refractivity contribution in [1.29, 1.82) is 0 Å². The quantitative estimate of drug-likeness (QED) is 0.741. The number of benzene rings is 1. The normalized spacial score (nSPS) is 27.8. The molecule has 33 heavy (non-hydrogen) atoms. The zero-order valence-corrected chi connectivity index (χ0v) is 18.8. The molecule has 8 heteroatoms. The molecule has 1 aromatic carbocycles. The number of carbonyl (C=O) groups is 2. The Hall–Kier alpha value is -3.00. The van der Waals surface area contributed by atoms with Crippen molar-refractivity contribution in [3.05, 3.63) is 42.2 Å². The van der Waals surface area contributed by atoms with Crippen LogP contribution in [0.4, 0.5) is 5.95 Å². The molecule has 2 aliphatic heterocycles. The van der Waals surface area contributed by atoms with Crippen LogP contribution in [0.5, 0.6) is 0 Å². The number of piperidine rings is 1. The van der Waals surface area contributed by atoms with Gasteiger partial charge in [-0.1, -0.05) is 12.1 Å². The van der Waals surface area contributed by atoms with E-state index in [9.17, 15) is 14.7 Å². The molecule has 2 saturated heterocycles. The van der Waals surface area contributed by atoms with Gasteiger partial charge in [0.05, 0.1) is 11.5 Å². The van der Waals surface area contributed by atoms with Crippen molar-refractivity contribution < 1.29 is 14.7 Å². The highest BCUT2D eigenvalue weighted by Gasteiger charge is 2.51. The van der Waals surface area contributed by atoms with Crippen LogP contribution < -0.4 is 10.6 Å². The van der Waals surface area contributed by atoms with E-state index in [0.29, 0.717) is 18.1 Å². The molecular formula is C25H31N5O3. The lowest BCUT2D eigenvalue weighted by Crippen LogP contribution is -2.50. The van der Waals surface area contributed by atoms with E-state index in [-0.39, 0.29) is 23.5 Å². The number of hydrogen-bond donors (Lipinski definition) is 2. The van der Waals surface area contributed by atoms with Gasteiger partial charge in [-0.15, -0.1) is 0 Å². The lowest BCUT2D eigenvalue weighted by molar-refractivity contribution is -0.139. The average molecular weight is 450 g/mol. The Kier molecular flexibility index (Phi) is 5.78. The molecule has 2 amide bonds. The largest absolute Gasteiger partial charge is 0.393 e. The van der Waals surface area contributed by atoms with E-state index in [1.54, 1.807) is 24.5 Å². The van der Waals surface area contributed by atoms with Crippen LogP contribution >= 0.6 is 0 Å². The highest BCUT2D eigenvalue weighted by atomic mass is 16.3. The summed E-state index contributed by atoms with van der Waals surface area (Å²) in [5.74, 6) is 0.478. The maximum absolute atomic E-state index is 13.5. The Balaban J connectivity index is 1.28. The van der Waals surface area contributed by atoms with Crippen molar-refractivity contribution in [1.82, 2.24) is 14.9 Å². The molecule has 1 saturated carbocycles. The van der Waals surface area contributed by atoms with Gasteiger partial charge < -0.3 is 20.6 Å². The van der Waals surface area contributed by atoms with Crippen molar-refractivity contribution in [2.24, 2.45) is 11.1 Å². The van der Waals surface area contributed by atoms with Crippen molar-refractivity contribution in [2.45, 2.75) is 57.1 Å². The number of likely N-dealkylation sites (tertiary alicyclic amines) is 1. The summed E-state index contributed by atoms with van der Waals surface area (Å²) in [4.78, 5) is 38.2. The first-order chi connectivity index (χ1) is 15.9. The number of amides is 2. The number of aliphatic hydroxyl groups excluding tert-OH is 1. The summed E-state index contributed by atoms with van der Waals surface area (Å²) < 4.78 is 0. The van der Waals surface area contributed by atoms with E-state index in [2.05, 4.69) is 19.8 Å². The zero-order chi connectivity index (χ0) is 23.0. The Morgan fingerprint density at radius 3 is 2.36 bits per heavy atom. The highest BCUT2D eigenvalue weighted by molar-refractivity contribution is 5.93. The minimum Gasteiger partial charge on any atom is -0.393 e. The molecule has 174 valence electrons. The zero-order valence-electron chi connectivity index (χ0n) is 18.8. The fourth-order valence-electron chi connectivity index (χ4n) is 5.71. The number of aliphatic hydroxyl groups is 1. The topological polar surface area (TPSA) is 113 Å². The first-order valence-corrected chi connectivity index (χ1v) is 11.9. The number of primary amides is 1. The molecule has 2 aromatic rings. The lowest BCUT2D eigenvalue weighted by Gasteiger charge is -2.40. The third-order valence-corrected chi connectivity index (χ3v) is 7.65. The van der Waals surface area contributed by atoms with E-state index in [4.69, 9.17) is 5.73 Å². The molecule has 1 spiro atoms. The van der Waals surface area contributed by atoms with Gasteiger partial charge in [0.2, 0.25) is 17.8 Å². The second-order valence-corrected chi connectivity index (χ2v) is 9.73. The Morgan fingerprint density at radius 1 is 1.00 bits per heavy atom. The first kappa shape index (κ1) is 21.8. The molecule has 1 aromatic heterocycles. The molecular weight excluding hydrogens is 418 g/mol. The monoisotopic (exact) mass is 449 g/mol. The summed E-state index contributed by atoms with van der Waals surface area (Å²) in [5, 5.41) is 9.82. The molecule has 5 rings (SSSR count). The fourth-order valence-corrected chi connectivity index (χ4v) is 5.71. The van der Waals surface area contributed by atoms with Crippen LogP contribution in [-0.4, -0.2) is 63.6 Å². The smallest absolute Gasteiger partial charge is 0.248 e. The van der Waals surface area contributed by atoms with Crippen LogP contribution in [0.2, 0.25) is 0 Å². The molecule has 1 aliphatic carbocycles. The van der Waals surface area contributed by atoms with Crippen LogP contribution in [-0.2, 0) is 4.79 Å². The minimum atomic E-state index is -0.451. The van der Waals surface area contributed by atoms with Gasteiger partial charge in [0, 0.05) is 49.2 Å². The van der Waals surface area contributed by atoms with E-state index in [1.165, 1.54) is 0 Å². The summed E-state index contributed by atoms with van der Waals surface area (Å²) >= 11 is 0. The predicted molar refractivity (Wildman–Crippen MR) is 124 cm³/mol. The number of anilines is 1.